The fourth-order valence-electron chi connectivity index (χ4n) is 4.13. The number of benzene rings is 1. The number of carbonyl (C=O) groups is 1. The monoisotopic (exact) mass is 491 g/mol. The van der Waals surface area contributed by atoms with Gasteiger partial charge in [-0.2, -0.15) is 10.5 Å². The molecule has 1 fully saturated rings. The molecule has 0 radical (unpaired) electrons. The molecule has 0 unspecified atom stereocenters. The SMILES string of the molecule is C[C@H](Oc1ccc(C#N)cn1)[C@H]1CN(C(=O)c2ccc(C#N)nc2)C[C@@H]1c1ccc(Cl)c(Cl)c1. The molecule has 2 aromatic heterocycles. The third kappa shape index (κ3) is 4.97. The Kier molecular flexibility index (Phi) is 6.98. The first-order chi connectivity index (χ1) is 16.4. The van der Waals surface area contributed by atoms with E-state index in [1.165, 1.54) is 18.5 Å². The first-order valence-corrected chi connectivity index (χ1v) is 11.3. The highest BCUT2D eigenvalue weighted by Gasteiger charge is 2.40. The van der Waals surface area contributed by atoms with Crippen molar-refractivity contribution in [3.63, 3.8) is 0 Å². The first kappa shape index (κ1) is 23.5. The quantitative estimate of drug-likeness (QED) is 0.505. The van der Waals surface area contributed by atoms with Gasteiger partial charge >= 0.3 is 0 Å². The number of hydrogen-bond donors (Lipinski definition) is 0. The van der Waals surface area contributed by atoms with E-state index in [0.29, 0.717) is 40.1 Å². The first-order valence-electron chi connectivity index (χ1n) is 10.5. The molecule has 3 aromatic rings. The van der Waals surface area contributed by atoms with E-state index >= 15 is 0 Å². The van der Waals surface area contributed by atoms with Gasteiger partial charge in [-0.05, 0) is 42.8 Å². The van der Waals surface area contributed by atoms with E-state index in [4.69, 9.17) is 38.5 Å². The summed E-state index contributed by atoms with van der Waals surface area (Å²) in [5.74, 6) is 0.108. The topological polar surface area (TPSA) is 103 Å². The van der Waals surface area contributed by atoms with Crippen LogP contribution in [0.25, 0.3) is 0 Å². The second-order valence-electron chi connectivity index (χ2n) is 8.02. The normalized spacial score (nSPS) is 18.1. The van der Waals surface area contributed by atoms with E-state index in [9.17, 15) is 4.79 Å². The van der Waals surface area contributed by atoms with Crippen molar-refractivity contribution in [1.29, 1.82) is 10.5 Å². The minimum atomic E-state index is -0.295. The molecule has 7 nitrogen and oxygen atoms in total. The number of amides is 1. The van der Waals surface area contributed by atoms with Crippen LogP contribution in [-0.4, -0.2) is 40.0 Å². The fraction of sp³-hybridized carbons (Fsp3) is 0.240. The number of nitriles is 2. The van der Waals surface area contributed by atoms with Gasteiger partial charge in [-0.15, -0.1) is 0 Å². The predicted molar refractivity (Wildman–Crippen MR) is 127 cm³/mol. The lowest BCUT2D eigenvalue weighted by molar-refractivity contribution is 0.0769. The standard InChI is InChI=1S/C25H19Cl2N5O2/c1-15(34-24-7-2-16(9-28)11-31-24)20-13-32(25(33)18-3-5-19(10-29)30-12-18)14-21(20)17-4-6-22(26)23(27)8-17/h2-8,11-12,15,20-21H,13-14H2,1H3/t15-,20+,21+/m0/s1. The summed E-state index contributed by atoms with van der Waals surface area (Å²) in [5.41, 5.74) is 2.06. The zero-order chi connectivity index (χ0) is 24.2. The zero-order valence-electron chi connectivity index (χ0n) is 18.2. The van der Waals surface area contributed by atoms with E-state index in [1.807, 2.05) is 31.2 Å². The van der Waals surface area contributed by atoms with Gasteiger partial charge in [0.1, 0.15) is 23.9 Å². The van der Waals surface area contributed by atoms with Gasteiger partial charge in [0.2, 0.25) is 5.88 Å². The minimum Gasteiger partial charge on any atom is -0.474 e. The molecular formula is C25H19Cl2N5O2. The minimum absolute atomic E-state index is 0.0570. The summed E-state index contributed by atoms with van der Waals surface area (Å²) in [4.78, 5) is 23.2. The third-order valence-electron chi connectivity index (χ3n) is 5.92. The van der Waals surface area contributed by atoms with Crippen LogP contribution in [0, 0.1) is 28.6 Å². The highest BCUT2D eigenvalue weighted by Crippen LogP contribution is 2.38. The molecule has 3 atom stereocenters. The van der Waals surface area contributed by atoms with E-state index in [2.05, 4.69) is 9.97 Å². The second-order valence-corrected chi connectivity index (χ2v) is 8.83. The molecule has 1 aliphatic heterocycles. The fourth-order valence-corrected chi connectivity index (χ4v) is 4.44. The number of carbonyl (C=O) groups excluding carboxylic acids is 1. The molecule has 1 aliphatic rings. The van der Waals surface area contributed by atoms with Crippen LogP contribution >= 0.6 is 23.2 Å². The molecule has 1 saturated heterocycles. The molecule has 170 valence electrons. The molecular weight excluding hydrogens is 473 g/mol. The molecule has 0 N–H and O–H groups in total. The summed E-state index contributed by atoms with van der Waals surface area (Å²) in [7, 11) is 0. The van der Waals surface area contributed by atoms with Gasteiger partial charge in [-0.3, -0.25) is 4.79 Å². The summed E-state index contributed by atoms with van der Waals surface area (Å²) in [6, 6.07) is 15.9. The van der Waals surface area contributed by atoms with Crippen LogP contribution in [0.5, 0.6) is 5.88 Å². The molecule has 0 spiro atoms. The maximum Gasteiger partial charge on any atom is 0.255 e. The van der Waals surface area contributed by atoms with Crippen LogP contribution in [0.1, 0.15) is 40.0 Å². The van der Waals surface area contributed by atoms with Crippen LogP contribution in [0.4, 0.5) is 0 Å². The Hall–Kier alpha value is -3.65. The van der Waals surface area contributed by atoms with Gasteiger partial charge < -0.3 is 9.64 Å². The van der Waals surface area contributed by atoms with Crippen molar-refractivity contribution < 1.29 is 9.53 Å². The molecule has 0 saturated carbocycles. The summed E-state index contributed by atoms with van der Waals surface area (Å²) < 4.78 is 6.10. The van der Waals surface area contributed by atoms with Gasteiger partial charge in [0.15, 0.2) is 0 Å². The van der Waals surface area contributed by atoms with Gasteiger partial charge in [-0.1, -0.05) is 29.3 Å². The Balaban J connectivity index is 1.60. The number of aromatic nitrogens is 2. The number of hydrogen-bond acceptors (Lipinski definition) is 6. The van der Waals surface area contributed by atoms with E-state index in [0.717, 1.165) is 5.56 Å². The molecule has 0 aliphatic carbocycles. The maximum absolute atomic E-state index is 13.2. The van der Waals surface area contributed by atoms with Gasteiger partial charge in [0, 0.05) is 43.4 Å². The lowest BCUT2D eigenvalue weighted by Crippen LogP contribution is -2.32. The number of halogens is 2. The van der Waals surface area contributed by atoms with Crippen LogP contribution in [0.3, 0.4) is 0 Å². The molecule has 9 heteroatoms. The van der Waals surface area contributed by atoms with Crippen LogP contribution in [0.15, 0.2) is 54.9 Å². The Morgan fingerprint density at radius 2 is 1.88 bits per heavy atom. The predicted octanol–water partition coefficient (Wildman–Crippen LogP) is 4.85. The molecule has 1 aromatic carbocycles. The Morgan fingerprint density at radius 1 is 1.06 bits per heavy atom. The maximum atomic E-state index is 13.2. The average molecular weight is 492 g/mol. The summed E-state index contributed by atoms with van der Waals surface area (Å²) >= 11 is 12.4. The van der Waals surface area contributed by atoms with Crippen molar-refractivity contribution in [2.45, 2.75) is 18.9 Å². The third-order valence-corrected chi connectivity index (χ3v) is 6.66. The zero-order valence-corrected chi connectivity index (χ0v) is 19.7. The number of pyridine rings is 2. The van der Waals surface area contributed by atoms with Crippen molar-refractivity contribution in [3.05, 3.63) is 87.3 Å². The molecule has 4 rings (SSSR count). The Morgan fingerprint density at radius 3 is 2.50 bits per heavy atom. The lowest BCUT2D eigenvalue weighted by Gasteiger charge is -2.25. The number of likely N-dealkylation sites (tertiary alicyclic amines) is 1. The number of rotatable bonds is 5. The smallest absolute Gasteiger partial charge is 0.255 e. The number of ether oxygens (including phenoxy) is 1. The van der Waals surface area contributed by atoms with Crippen LogP contribution in [-0.2, 0) is 0 Å². The van der Waals surface area contributed by atoms with E-state index in [1.54, 1.807) is 29.2 Å². The van der Waals surface area contributed by atoms with Crippen molar-refractivity contribution in [2.75, 3.05) is 13.1 Å². The van der Waals surface area contributed by atoms with E-state index < -0.39 is 0 Å². The van der Waals surface area contributed by atoms with Gasteiger partial charge in [0.05, 0.1) is 21.2 Å². The van der Waals surface area contributed by atoms with Crippen LogP contribution in [0.2, 0.25) is 10.0 Å². The molecule has 0 bridgehead atoms. The lowest BCUT2D eigenvalue weighted by atomic mass is 9.86. The van der Waals surface area contributed by atoms with Crippen molar-refractivity contribution in [2.24, 2.45) is 5.92 Å². The largest absolute Gasteiger partial charge is 0.474 e. The average Bonchev–Trinajstić information content (AvgIpc) is 3.31. The van der Waals surface area contributed by atoms with Crippen molar-refractivity contribution in [1.82, 2.24) is 14.9 Å². The van der Waals surface area contributed by atoms with Crippen molar-refractivity contribution in [3.8, 4) is 18.0 Å². The molecule has 1 amide bonds. The van der Waals surface area contributed by atoms with Gasteiger partial charge in [-0.25, -0.2) is 9.97 Å². The van der Waals surface area contributed by atoms with Crippen LogP contribution < -0.4 is 4.74 Å². The Bertz CT molecular complexity index is 1280. The Labute approximate surface area is 207 Å². The van der Waals surface area contributed by atoms with Crippen molar-refractivity contribution >= 4 is 29.1 Å². The summed E-state index contributed by atoms with van der Waals surface area (Å²) in [5, 5.41) is 18.9. The summed E-state index contributed by atoms with van der Waals surface area (Å²) in [6.45, 7) is 2.84. The second kappa shape index (κ2) is 10.1. The summed E-state index contributed by atoms with van der Waals surface area (Å²) in [6.07, 6.45) is 2.58. The highest BCUT2D eigenvalue weighted by atomic mass is 35.5. The number of nitrogens with zero attached hydrogens (tertiary/aromatic N) is 5. The van der Waals surface area contributed by atoms with E-state index in [-0.39, 0.29) is 29.5 Å². The molecule has 3 heterocycles. The molecule has 34 heavy (non-hydrogen) atoms. The highest BCUT2D eigenvalue weighted by molar-refractivity contribution is 6.42. The van der Waals surface area contributed by atoms with Gasteiger partial charge in [0.25, 0.3) is 5.91 Å².